The van der Waals surface area contributed by atoms with Gasteiger partial charge in [-0.2, -0.15) is 0 Å². The van der Waals surface area contributed by atoms with Gasteiger partial charge < -0.3 is 25.5 Å². The number of piperidine rings is 1. The Morgan fingerprint density at radius 2 is 1.58 bits per heavy atom. The molecular formula is C17H24N2O5. The van der Waals surface area contributed by atoms with Crippen LogP contribution in [0.3, 0.4) is 0 Å². The van der Waals surface area contributed by atoms with Crippen molar-refractivity contribution < 1.29 is 24.9 Å². The lowest BCUT2D eigenvalue weighted by molar-refractivity contribution is -0.140. The zero-order chi connectivity index (χ0) is 18.1. The monoisotopic (exact) mass is 336 g/mol. The Bertz CT molecular complexity index is 620. The number of nitrogens with one attached hydrogen (secondary N) is 1. The molecule has 24 heavy (non-hydrogen) atoms. The molecule has 0 aliphatic carbocycles. The van der Waals surface area contributed by atoms with Crippen LogP contribution in [-0.2, 0) is 4.79 Å². The third kappa shape index (κ3) is 3.90. The number of carbonyl (C=O) groups excluding carboxylic acids is 2. The molecule has 1 fully saturated rings. The van der Waals surface area contributed by atoms with Gasteiger partial charge in [0, 0.05) is 30.1 Å². The molecule has 1 aliphatic rings. The lowest BCUT2D eigenvalue weighted by atomic mass is 9.93. The van der Waals surface area contributed by atoms with Crippen molar-refractivity contribution in [3.63, 3.8) is 0 Å². The van der Waals surface area contributed by atoms with Gasteiger partial charge in [0.25, 0.3) is 5.91 Å². The minimum absolute atomic E-state index is 0.0657. The average Bonchev–Trinajstić information content (AvgIpc) is 2.51. The number of amides is 2. The van der Waals surface area contributed by atoms with E-state index in [2.05, 4.69) is 5.32 Å². The topological polar surface area (TPSA) is 110 Å². The molecule has 7 heteroatoms. The molecule has 7 nitrogen and oxygen atoms in total. The van der Waals surface area contributed by atoms with Gasteiger partial charge in [0.2, 0.25) is 5.91 Å². The molecule has 1 aliphatic heterocycles. The highest BCUT2D eigenvalue weighted by Gasteiger charge is 2.30. The highest BCUT2D eigenvalue weighted by molar-refractivity contribution is 5.95. The van der Waals surface area contributed by atoms with E-state index in [0.29, 0.717) is 25.9 Å². The van der Waals surface area contributed by atoms with E-state index >= 15 is 0 Å². The first-order valence-corrected chi connectivity index (χ1v) is 7.95. The molecule has 4 N–H and O–H groups in total. The molecule has 0 saturated carbocycles. The maximum Gasteiger partial charge on any atom is 0.251 e. The smallest absolute Gasteiger partial charge is 0.251 e. The van der Waals surface area contributed by atoms with Crippen LogP contribution >= 0.6 is 0 Å². The second-order valence-electron chi connectivity index (χ2n) is 7.15. The fraction of sp³-hybridized carbons (Fsp3) is 0.529. The van der Waals surface area contributed by atoms with Crippen LogP contribution in [0.5, 0.6) is 17.2 Å². The highest BCUT2D eigenvalue weighted by atomic mass is 16.3. The van der Waals surface area contributed by atoms with Crippen LogP contribution in [0.25, 0.3) is 0 Å². The van der Waals surface area contributed by atoms with E-state index in [9.17, 15) is 24.9 Å². The van der Waals surface area contributed by atoms with Crippen LogP contribution in [0.2, 0.25) is 0 Å². The van der Waals surface area contributed by atoms with Crippen molar-refractivity contribution in [1.29, 1.82) is 0 Å². The van der Waals surface area contributed by atoms with E-state index < -0.39 is 28.6 Å². The summed E-state index contributed by atoms with van der Waals surface area (Å²) in [7, 11) is 0. The van der Waals surface area contributed by atoms with E-state index in [4.69, 9.17) is 0 Å². The van der Waals surface area contributed by atoms with Gasteiger partial charge in [-0.1, -0.05) is 20.8 Å². The molecule has 1 aromatic carbocycles. The van der Waals surface area contributed by atoms with Crippen molar-refractivity contribution in [2.24, 2.45) is 5.41 Å². The number of nitrogens with zero attached hydrogens (tertiary/aromatic N) is 1. The molecule has 1 aromatic rings. The van der Waals surface area contributed by atoms with Gasteiger partial charge in [0.1, 0.15) is 0 Å². The van der Waals surface area contributed by atoms with Crippen LogP contribution in [0.1, 0.15) is 44.0 Å². The molecule has 1 heterocycles. The van der Waals surface area contributed by atoms with Gasteiger partial charge in [0.15, 0.2) is 17.2 Å². The molecule has 0 radical (unpaired) electrons. The fourth-order valence-electron chi connectivity index (χ4n) is 2.71. The van der Waals surface area contributed by atoms with Crippen molar-refractivity contribution in [1.82, 2.24) is 10.2 Å². The second kappa shape index (κ2) is 6.59. The molecular weight excluding hydrogens is 312 g/mol. The molecule has 0 aromatic heterocycles. The molecule has 0 atom stereocenters. The van der Waals surface area contributed by atoms with E-state index in [0.717, 1.165) is 12.1 Å². The number of hydrogen-bond acceptors (Lipinski definition) is 5. The number of rotatable bonds is 2. The van der Waals surface area contributed by atoms with Gasteiger partial charge in [-0.25, -0.2) is 0 Å². The molecule has 0 bridgehead atoms. The van der Waals surface area contributed by atoms with Crippen LogP contribution in [0.15, 0.2) is 12.1 Å². The Morgan fingerprint density at radius 1 is 1.08 bits per heavy atom. The Labute approximate surface area is 140 Å². The standard InChI is InChI=1S/C17H24N2O5/c1-17(2,3)16(24)19-6-4-11(5-7-19)18-15(23)10-8-12(20)14(22)13(21)9-10/h8-9,11,20-22H,4-7H2,1-3H3,(H,18,23). The minimum Gasteiger partial charge on any atom is -0.504 e. The number of aromatic hydroxyl groups is 3. The van der Waals surface area contributed by atoms with Crippen LogP contribution in [-0.4, -0.2) is 51.2 Å². The summed E-state index contributed by atoms with van der Waals surface area (Å²) >= 11 is 0. The summed E-state index contributed by atoms with van der Waals surface area (Å²) in [6, 6.07) is 2.12. The number of hydrogen-bond donors (Lipinski definition) is 4. The summed E-state index contributed by atoms with van der Waals surface area (Å²) in [5.74, 6) is -2.10. The lowest BCUT2D eigenvalue weighted by Gasteiger charge is -2.36. The summed E-state index contributed by atoms with van der Waals surface area (Å²) in [5.41, 5.74) is -0.354. The van der Waals surface area contributed by atoms with Crippen molar-refractivity contribution in [2.75, 3.05) is 13.1 Å². The van der Waals surface area contributed by atoms with Crippen LogP contribution in [0, 0.1) is 5.41 Å². The van der Waals surface area contributed by atoms with Gasteiger partial charge in [-0.15, -0.1) is 0 Å². The molecule has 0 unspecified atom stereocenters. The predicted octanol–water partition coefficient (Wildman–Crippen LogP) is 1.57. The van der Waals surface area contributed by atoms with E-state index in [-0.39, 0.29) is 17.5 Å². The average molecular weight is 336 g/mol. The second-order valence-corrected chi connectivity index (χ2v) is 7.15. The fourth-order valence-corrected chi connectivity index (χ4v) is 2.71. The predicted molar refractivity (Wildman–Crippen MR) is 88.0 cm³/mol. The summed E-state index contributed by atoms with van der Waals surface area (Å²) < 4.78 is 0. The minimum atomic E-state index is -0.652. The Morgan fingerprint density at radius 3 is 2.04 bits per heavy atom. The van der Waals surface area contributed by atoms with E-state index in [1.54, 1.807) is 4.90 Å². The van der Waals surface area contributed by atoms with Crippen LogP contribution in [0.4, 0.5) is 0 Å². The van der Waals surface area contributed by atoms with Crippen molar-refractivity contribution >= 4 is 11.8 Å². The number of phenols is 3. The first kappa shape index (κ1) is 17.9. The van der Waals surface area contributed by atoms with Gasteiger partial charge in [-0.05, 0) is 25.0 Å². The summed E-state index contributed by atoms with van der Waals surface area (Å²) in [6.07, 6.45) is 1.28. The molecule has 2 amide bonds. The van der Waals surface area contributed by atoms with Gasteiger partial charge in [-0.3, -0.25) is 9.59 Å². The number of likely N-dealkylation sites (tertiary alicyclic amines) is 1. The zero-order valence-corrected chi connectivity index (χ0v) is 14.2. The SMILES string of the molecule is CC(C)(C)C(=O)N1CCC(NC(=O)c2cc(O)c(O)c(O)c2)CC1. The van der Waals surface area contributed by atoms with Crippen molar-refractivity contribution in [2.45, 2.75) is 39.7 Å². The maximum absolute atomic E-state index is 12.2. The maximum atomic E-state index is 12.2. The summed E-state index contributed by atoms with van der Waals surface area (Å²) in [4.78, 5) is 26.3. The third-order valence-electron chi connectivity index (χ3n) is 4.09. The van der Waals surface area contributed by atoms with Gasteiger partial charge >= 0.3 is 0 Å². The highest BCUT2D eigenvalue weighted by Crippen LogP contribution is 2.35. The molecule has 1 saturated heterocycles. The Kier molecular flexibility index (Phi) is 4.91. The lowest BCUT2D eigenvalue weighted by Crippen LogP contribution is -2.49. The van der Waals surface area contributed by atoms with E-state index in [1.165, 1.54) is 0 Å². The van der Waals surface area contributed by atoms with Gasteiger partial charge in [0.05, 0.1) is 0 Å². The zero-order valence-electron chi connectivity index (χ0n) is 14.2. The molecule has 2 rings (SSSR count). The third-order valence-corrected chi connectivity index (χ3v) is 4.09. The Hall–Kier alpha value is -2.44. The summed E-state index contributed by atoms with van der Waals surface area (Å²) in [5, 5.41) is 31.1. The first-order valence-electron chi connectivity index (χ1n) is 7.95. The molecule has 0 spiro atoms. The van der Waals surface area contributed by atoms with Crippen molar-refractivity contribution in [3.8, 4) is 17.2 Å². The number of phenolic OH excluding ortho intramolecular Hbond substituents is 3. The number of carbonyl (C=O) groups is 2. The van der Waals surface area contributed by atoms with Crippen molar-refractivity contribution in [3.05, 3.63) is 17.7 Å². The molecule has 132 valence electrons. The van der Waals surface area contributed by atoms with Crippen LogP contribution < -0.4 is 5.32 Å². The quantitative estimate of drug-likeness (QED) is 0.613. The largest absolute Gasteiger partial charge is 0.504 e. The van der Waals surface area contributed by atoms with E-state index in [1.807, 2.05) is 20.8 Å². The summed E-state index contributed by atoms with van der Waals surface area (Å²) in [6.45, 7) is 6.80. The Balaban J connectivity index is 1.94. The first-order chi connectivity index (χ1) is 11.1. The number of benzene rings is 1. The normalized spacial score (nSPS) is 16.0.